The number of carbonyl (C=O) groups is 2. The average Bonchev–Trinajstić information content (AvgIpc) is 2.93. The molecule has 2 amide bonds. The van der Waals surface area contributed by atoms with Crippen LogP contribution in [0.25, 0.3) is 5.57 Å². The Morgan fingerprint density at radius 2 is 1.64 bits per heavy atom. The molecule has 1 aliphatic rings. The van der Waals surface area contributed by atoms with Gasteiger partial charge in [-0.3, -0.25) is 14.5 Å². The molecule has 6 nitrogen and oxygen atoms in total. The van der Waals surface area contributed by atoms with Gasteiger partial charge in [0, 0.05) is 0 Å². The number of nitrogens with zero attached hydrogens (tertiary/aromatic N) is 1. The maximum absolute atomic E-state index is 13.1. The van der Waals surface area contributed by atoms with Crippen LogP contribution < -0.4 is 10.1 Å². The molecular formula is C22H24N2O4. The topological polar surface area (TPSA) is 67.9 Å². The highest BCUT2D eigenvalue weighted by atomic mass is 16.5. The molecule has 2 aromatic carbocycles. The maximum atomic E-state index is 13.1. The van der Waals surface area contributed by atoms with Gasteiger partial charge in [-0.1, -0.05) is 42.5 Å². The lowest BCUT2D eigenvalue weighted by molar-refractivity contribution is -0.137. The molecule has 0 aromatic heterocycles. The summed E-state index contributed by atoms with van der Waals surface area (Å²) in [5.41, 5.74) is 1.90. The van der Waals surface area contributed by atoms with Crippen molar-refractivity contribution >= 4 is 23.1 Å². The van der Waals surface area contributed by atoms with E-state index in [0.29, 0.717) is 29.2 Å². The Morgan fingerprint density at radius 1 is 0.964 bits per heavy atom. The van der Waals surface area contributed by atoms with Crippen molar-refractivity contribution in [2.75, 3.05) is 25.6 Å². The predicted octanol–water partition coefficient (Wildman–Crippen LogP) is 3.31. The summed E-state index contributed by atoms with van der Waals surface area (Å²) in [5.74, 6) is -0.118. The third kappa shape index (κ3) is 4.07. The molecule has 0 aliphatic carbocycles. The number of nitrogens with one attached hydrogen (secondary N) is 1. The van der Waals surface area contributed by atoms with Crippen molar-refractivity contribution in [3.63, 3.8) is 0 Å². The molecule has 0 unspecified atom stereocenters. The molecule has 1 heterocycles. The number of amides is 2. The molecule has 1 aliphatic heterocycles. The van der Waals surface area contributed by atoms with Crippen LogP contribution in [0.5, 0.6) is 5.75 Å². The number of carbonyl (C=O) groups excluding carboxylic acids is 2. The highest BCUT2D eigenvalue weighted by Gasteiger charge is 2.39. The van der Waals surface area contributed by atoms with Gasteiger partial charge in [-0.25, -0.2) is 0 Å². The summed E-state index contributed by atoms with van der Waals surface area (Å²) in [7, 11) is 1.56. The van der Waals surface area contributed by atoms with E-state index < -0.39 is 0 Å². The molecule has 6 heteroatoms. The van der Waals surface area contributed by atoms with E-state index in [9.17, 15) is 9.59 Å². The van der Waals surface area contributed by atoms with E-state index >= 15 is 0 Å². The van der Waals surface area contributed by atoms with E-state index in [-0.39, 0.29) is 30.2 Å². The molecule has 0 bridgehead atoms. The number of hydrogen-bond donors (Lipinski definition) is 1. The number of ether oxygens (including phenoxy) is 2. The molecule has 0 fully saturated rings. The number of anilines is 1. The number of methoxy groups -OCH3 is 1. The van der Waals surface area contributed by atoms with Crippen molar-refractivity contribution in [3.8, 4) is 5.75 Å². The van der Waals surface area contributed by atoms with Crippen LogP contribution in [0.3, 0.4) is 0 Å². The van der Waals surface area contributed by atoms with Crippen LogP contribution in [-0.4, -0.2) is 43.1 Å². The smallest absolute Gasteiger partial charge is 0.278 e. The van der Waals surface area contributed by atoms with Gasteiger partial charge in [-0.05, 0) is 31.5 Å². The molecular weight excluding hydrogens is 356 g/mol. The van der Waals surface area contributed by atoms with Gasteiger partial charge in [-0.15, -0.1) is 0 Å². The van der Waals surface area contributed by atoms with Gasteiger partial charge < -0.3 is 14.8 Å². The van der Waals surface area contributed by atoms with E-state index in [1.807, 2.05) is 56.3 Å². The number of rotatable bonds is 8. The average molecular weight is 380 g/mol. The lowest BCUT2D eigenvalue weighted by atomic mass is 10.0. The molecule has 1 N–H and O–H groups in total. The fourth-order valence-electron chi connectivity index (χ4n) is 3.03. The third-order valence-corrected chi connectivity index (χ3v) is 4.36. The molecule has 3 rings (SSSR count). The molecule has 2 aromatic rings. The number of benzene rings is 2. The van der Waals surface area contributed by atoms with Crippen LogP contribution >= 0.6 is 0 Å². The van der Waals surface area contributed by atoms with Gasteiger partial charge in [0.25, 0.3) is 11.8 Å². The standard InChI is InChI=1S/C22H24N2O4/c1-15(2)28-14-13-24-21(25)19(16-9-5-4-6-10-16)20(22(24)26)23-17-11-7-8-12-18(17)27-3/h4-12,15,23H,13-14H2,1-3H3. The normalized spacial score (nSPS) is 14.2. The second-order valence-electron chi connectivity index (χ2n) is 6.62. The van der Waals surface area contributed by atoms with Crippen LogP contribution in [0.2, 0.25) is 0 Å². The van der Waals surface area contributed by atoms with Crippen molar-refractivity contribution in [2.24, 2.45) is 0 Å². The fraction of sp³-hybridized carbons (Fsp3) is 0.273. The van der Waals surface area contributed by atoms with Crippen LogP contribution in [-0.2, 0) is 14.3 Å². The minimum Gasteiger partial charge on any atom is -0.495 e. The van der Waals surface area contributed by atoms with Crippen molar-refractivity contribution < 1.29 is 19.1 Å². The molecule has 146 valence electrons. The molecule has 0 atom stereocenters. The van der Waals surface area contributed by atoms with E-state index in [2.05, 4.69) is 5.32 Å². The first-order chi connectivity index (χ1) is 13.5. The molecule has 0 spiro atoms. The zero-order valence-electron chi connectivity index (χ0n) is 16.3. The lowest BCUT2D eigenvalue weighted by Crippen LogP contribution is -2.35. The van der Waals surface area contributed by atoms with Crippen molar-refractivity contribution in [3.05, 3.63) is 65.9 Å². The van der Waals surface area contributed by atoms with Gasteiger partial charge in [0.2, 0.25) is 0 Å². The van der Waals surface area contributed by atoms with Crippen LogP contribution in [0.15, 0.2) is 60.3 Å². The molecule has 0 saturated carbocycles. The summed E-state index contributed by atoms with van der Waals surface area (Å²) in [6.45, 7) is 4.31. The maximum Gasteiger partial charge on any atom is 0.278 e. The monoisotopic (exact) mass is 380 g/mol. The van der Waals surface area contributed by atoms with Crippen molar-refractivity contribution in [1.82, 2.24) is 4.90 Å². The minimum atomic E-state index is -0.373. The second kappa shape index (κ2) is 8.71. The lowest BCUT2D eigenvalue weighted by Gasteiger charge is -2.16. The Balaban J connectivity index is 1.96. The van der Waals surface area contributed by atoms with Crippen LogP contribution in [0, 0.1) is 0 Å². The Labute approximate surface area is 164 Å². The Kier molecular flexibility index (Phi) is 6.11. The molecule has 0 radical (unpaired) electrons. The summed E-state index contributed by atoms with van der Waals surface area (Å²) in [6, 6.07) is 16.5. The zero-order chi connectivity index (χ0) is 20.1. The first-order valence-electron chi connectivity index (χ1n) is 9.20. The number of imide groups is 1. The van der Waals surface area contributed by atoms with E-state index in [0.717, 1.165) is 0 Å². The van der Waals surface area contributed by atoms with Crippen molar-refractivity contribution in [2.45, 2.75) is 20.0 Å². The SMILES string of the molecule is COc1ccccc1NC1=C(c2ccccc2)C(=O)N(CCOC(C)C)C1=O. The molecule has 28 heavy (non-hydrogen) atoms. The summed E-state index contributed by atoms with van der Waals surface area (Å²) in [4.78, 5) is 27.4. The summed E-state index contributed by atoms with van der Waals surface area (Å²) in [6.07, 6.45) is 0.0283. The Morgan fingerprint density at radius 3 is 2.32 bits per heavy atom. The van der Waals surface area contributed by atoms with E-state index in [1.54, 1.807) is 19.2 Å². The van der Waals surface area contributed by atoms with Gasteiger partial charge in [0.05, 0.1) is 37.6 Å². The van der Waals surface area contributed by atoms with Crippen LogP contribution in [0.4, 0.5) is 5.69 Å². The van der Waals surface area contributed by atoms with Crippen LogP contribution in [0.1, 0.15) is 19.4 Å². The van der Waals surface area contributed by atoms with E-state index in [1.165, 1.54) is 4.90 Å². The Hall–Kier alpha value is -3.12. The van der Waals surface area contributed by atoms with Gasteiger partial charge in [0.1, 0.15) is 11.4 Å². The number of para-hydroxylation sites is 2. The van der Waals surface area contributed by atoms with E-state index in [4.69, 9.17) is 9.47 Å². The summed E-state index contributed by atoms with van der Waals surface area (Å²) >= 11 is 0. The first-order valence-corrected chi connectivity index (χ1v) is 9.20. The first kappa shape index (κ1) is 19.6. The largest absolute Gasteiger partial charge is 0.495 e. The highest BCUT2D eigenvalue weighted by molar-refractivity contribution is 6.36. The van der Waals surface area contributed by atoms with Gasteiger partial charge >= 0.3 is 0 Å². The van der Waals surface area contributed by atoms with Gasteiger partial charge in [0.15, 0.2) is 0 Å². The minimum absolute atomic E-state index is 0.0283. The summed E-state index contributed by atoms with van der Waals surface area (Å²) in [5, 5.41) is 3.12. The third-order valence-electron chi connectivity index (χ3n) is 4.36. The second-order valence-corrected chi connectivity index (χ2v) is 6.62. The van der Waals surface area contributed by atoms with Gasteiger partial charge in [-0.2, -0.15) is 0 Å². The number of hydrogen-bond acceptors (Lipinski definition) is 5. The predicted molar refractivity (Wildman–Crippen MR) is 108 cm³/mol. The highest BCUT2D eigenvalue weighted by Crippen LogP contribution is 2.33. The zero-order valence-corrected chi connectivity index (χ0v) is 16.3. The quantitative estimate of drug-likeness (QED) is 0.712. The van der Waals surface area contributed by atoms with Crippen molar-refractivity contribution in [1.29, 1.82) is 0 Å². The summed E-state index contributed by atoms with van der Waals surface area (Å²) < 4.78 is 10.9. The molecule has 0 saturated heterocycles. The fourth-order valence-corrected chi connectivity index (χ4v) is 3.03. The Bertz CT molecular complexity index is 890.